The van der Waals surface area contributed by atoms with E-state index in [0.29, 0.717) is 41.3 Å². The van der Waals surface area contributed by atoms with Crippen LogP contribution in [0.15, 0.2) is 62.8 Å². The lowest BCUT2D eigenvalue weighted by molar-refractivity contribution is -0.111. The highest BCUT2D eigenvalue weighted by Gasteiger charge is 2.22. The molecule has 1 N–H and O–H groups in total. The Kier molecular flexibility index (Phi) is 6.11. The lowest BCUT2D eigenvalue weighted by Gasteiger charge is -2.37. The van der Waals surface area contributed by atoms with Gasteiger partial charge in [-0.2, -0.15) is 5.10 Å². The maximum atomic E-state index is 12.3. The van der Waals surface area contributed by atoms with E-state index in [9.17, 15) is 9.59 Å². The lowest BCUT2D eigenvalue weighted by Crippen LogP contribution is -2.50. The molecule has 4 rings (SSSR count). The number of anilines is 2. The van der Waals surface area contributed by atoms with Gasteiger partial charge in [-0.25, -0.2) is 0 Å². The topological polar surface area (TPSA) is 87.4 Å². The number of hydrogen-bond donors (Lipinski definition) is 1. The SMILES string of the molecule is COc1ccc(N2CCN(/C(=N\Nc3ccc4c(=O)cc(C)oc4c3)C(C)=O)CC2)cc1. The smallest absolute Gasteiger partial charge is 0.196 e. The van der Waals surface area contributed by atoms with Crippen molar-refractivity contribution in [2.24, 2.45) is 5.10 Å². The van der Waals surface area contributed by atoms with Gasteiger partial charge in [0.05, 0.1) is 18.2 Å². The van der Waals surface area contributed by atoms with Crippen LogP contribution in [-0.4, -0.2) is 49.8 Å². The number of piperazine rings is 1. The third kappa shape index (κ3) is 4.59. The number of Topliss-reactive ketones (excluding diaryl/α,β-unsaturated/α-hetero) is 1. The van der Waals surface area contributed by atoms with E-state index >= 15 is 0 Å². The van der Waals surface area contributed by atoms with Crippen molar-refractivity contribution in [2.45, 2.75) is 13.8 Å². The van der Waals surface area contributed by atoms with Crippen LogP contribution in [0.25, 0.3) is 11.0 Å². The molecule has 32 heavy (non-hydrogen) atoms. The van der Waals surface area contributed by atoms with E-state index in [1.54, 1.807) is 32.2 Å². The minimum atomic E-state index is -0.112. The molecule has 3 aromatic rings. The first-order valence-corrected chi connectivity index (χ1v) is 10.5. The van der Waals surface area contributed by atoms with Crippen LogP contribution >= 0.6 is 0 Å². The molecule has 1 aliphatic rings. The number of methoxy groups -OCH3 is 1. The maximum Gasteiger partial charge on any atom is 0.196 e. The first kappa shape index (κ1) is 21.4. The van der Waals surface area contributed by atoms with Gasteiger partial charge >= 0.3 is 0 Å². The van der Waals surface area contributed by atoms with Crippen molar-refractivity contribution in [3.63, 3.8) is 0 Å². The highest BCUT2D eigenvalue weighted by molar-refractivity contribution is 6.38. The summed E-state index contributed by atoms with van der Waals surface area (Å²) in [4.78, 5) is 28.6. The molecule has 1 aromatic heterocycles. The average Bonchev–Trinajstić information content (AvgIpc) is 2.79. The van der Waals surface area contributed by atoms with Crippen molar-refractivity contribution in [1.29, 1.82) is 0 Å². The molecule has 8 heteroatoms. The zero-order valence-corrected chi connectivity index (χ0v) is 18.4. The van der Waals surface area contributed by atoms with E-state index in [0.717, 1.165) is 24.5 Å². The maximum absolute atomic E-state index is 12.3. The molecule has 2 heterocycles. The summed E-state index contributed by atoms with van der Waals surface area (Å²) in [5, 5.41) is 4.88. The number of amidine groups is 1. The Hall–Kier alpha value is -3.81. The number of rotatable bonds is 5. The molecule has 8 nitrogen and oxygen atoms in total. The number of carbonyl (C=O) groups excluding carboxylic acids is 1. The fourth-order valence-electron chi connectivity index (χ4n) is 3.80. The summed E-state index contributed by atoms with van der Waals surface area (Å²) in [6, 6.07) is 14.6. The molecule has 0 aliphatic carbocycles. The van der Waals surface area contributed by atoms with Gasteiger partial charge in [0, 0.05) is 50.9 Å². The van der Waals surface area contributed by atoms with Crippen LogP contribution < -0.4 is 20.5 Å². The minimum Gasteiger partial charge on any atom is -0.497 e. The molecule has 0 spiro atoms. The highest BCUT2D eigenvalue weighted by atomic mass is 16.5. The second-order valence-electron chi connectivity index (χ2n) is 7.71. The van der Waals surface area contributed by atoms with Gasteiger partial charge in [-0.15, -0.1) is 0 Å². The Morgan fingerprint density at radius 3 is 2.44 bits per heavy atom. The van der Waals surface area contributed by atoms with Crippen molar-refractivity contribution >= 4 is 34.0 Å². The number of nitrogens with zero attached hydrogens (tertiary/aromatic N) is 3. The number of aryl methyl sites for hydroxylation is 1. The molecule has 0 bridgehead atoms. The summed E-state index contributed by atoms with van der Waals surface area (Å²) in [5.41, 5.74) is 5.10. The van der Waals surface area contributed by atoms with Gasteiger partial charge in [-0.05, 0) is 43.3 Å². The van der Waals surface area contributed by atoms with E-state index in [-0.39, 0.29) is 11.2 Å². The largest absolute Gasteiger partial charge is 0.497 e. The van der Waals surface area contributed by atoms with Crippen molar-refractivity contribution in [3.05, 3.63) is 64.5 Å². The highest BCUT2D eigenvalue weighted by Crippen LogP contribution is 2.21. The van der Waals surface area contributed by atoms with Gasteiger partial charge in [-0.1, -0.05) is 0 Å². The summed E-state index contributed by atoms with van der Waals surface area (Å²) >= 11 is 0. The summed E-state index contributed by atoms with van der Waals surface area (Å²) < 4.78 is 10.9. The van der Waals surface area contributed by atoms with E-state index in [1.165, 1.54) is 13.0 Å². The van der Waals surface area contributed by atoms with Gasteiger partial charge in [0.1, 0.15) is 17.1 Å². The molecular weight excluding hydrogens is 408 g/mol. The molecule has 1 fully saturated rings. The second-order valence-corrected chi connectivity index (χ2v) is 7.71. The number of hydrogen-bond acceptors (Lipinski definition) is 7. The first-order chi connectivity index (χ1) is 15.4. The van der Waals surface area contributed by atoms with Crippen LogP contribution in [0, 0.1) is 6.92 Å². The second kappa shape index (κ2) is 9.13. The quantitative estimate of drug-likeness (QED) is 0.375. The van der Waals surface area contributed by atoms with Crippen molar-refractivity contribution in [1.82, 2.24) is 4.90 Å². The molecule has 0 unspecified atom stereocenters. The molecule has 2 aromatic carbocycles. The van der Waals surface area contributed by atoms with Crippen LogP contribution in [0.4, 0.5) is 11.4 Å². The van der Waals surface area contributed by atoms with E-state index in [1.807, 2.05) is 29.2 Å². The number of ether oxygens (including phenoxy) is 1. The first-order valence-electron chi connectivity index (χ1n) is 10.5. The molecule has 0 amide bonds. The van der Waals surface area contributed by atoms with Crippen LogP contribution in [-0.2, 0) is 4.79 Å². The molecule has 1 saturated heterocycles. The summed E-state index contributed by atoms with van der Waals surface area (Å²) in [5.74, 6) is 1.64. The Morgan fingerprint density at radius 2 is 1.78 bits per heavy atom. The van der Waals surface area contributed by atoms with Crippen molar-refractivity contribution in [3.8, 4) is 5.75 Å². The predicted octanol–water partition coefficient (Wildman–Crippen LogP) is 3.25. The van der Waals surface area contributed by atoms with E-state index in [2.05, 4.69) is 15.4 Å². The van der Waals surface area contributed by atoms with Crippen LogP contribution in [0.2, 0.25) is 0 Å². The van der Waals surface area contributed by atoms with Crippen molar-refractivity contribution in [2.75, 3.05) is 43.6 Å². The summed E-state index contributed by atoms with van der Waals surface area (Å²) in [7, 11) is 1.65. The van der Waals surface area contributed by atoms with Gasteiger partial charge in [0.15, 0.2) is 17.0 Å². The molecular formula is C24H26N4O4. The Balaban J connectivity index is 1.46. The minimum absolute atomic E-state index is 0.0852. The van der Waals surface area contributed by atoms with E-state index in [4.69, 9.17) is 9.15 Å². The monoisotopic (exact) mass is 434 g/mol. The van der Waals surface area contributed by atoms with Gasteiger partial charge in [0.2, 0.25) is 0 Å². The molecule has 166 valence electrons. The lowest BCUT2D eigenvalue weighted by atomic mass is 10.2. The number of benzene rings is 2. The Labute approximate surface area is 186 Å². The molecule has 0 radical (unpaired) electrons. The van der Waals surface area contributed by atoms with E-state index < -0.39 is 0 Å². The fourth-order valence-corrected chi connectivity index (χ4v) is 3.80. The van der Waals surface area contributed by atoms with Gasteiger partial charge in [0.25, 0.3) is 0 Å². The number of nitrogens with one attached hydrogen (secondary N) is 1. The average molecular weight is 434 g/mol. The Bertz CT molecular complexity index is 1210. The third-order valence-corrected chi connectivity index (χ3v) is 5.47. The Morgan fingerprint density at radius 1 is 1.06 bits per heavy atom. The zero-order chi connectivity index (χ0) is 22.7. The standard InChI is InChI=1S/C24H26N4O4/c1-16-14-22(30)21-9-4-18(15-23(21)32-16)25-26-24(17(2)29)28-12-10-27(11-13-28)19-5-7-20(31-3)8-6-19/h4-9,14-15,25H,10-13H2,1-3H3/b26-24-. The number of ketones is 1. The van der Waals surface area contributed by atoms with Gasteiger partial charge < -0.3 is 19.0 Å². The fraction of sp³-hybridized carbons (Fsp3) is 0.292. The molecule has 1 aliphatic heterocycles. The van der Waals surface area contributed by atoms with Crippen molar-refractivity contribution < 1.29 is 13.9 Å². The number of carbonyl (C=O) groups is 1. The predicted molar refractivity (Wildman–Crippen MR) is 126 cm³/mol. The summed E-state index contributed by atoms with van der Waals surface area (Å²) in [6.07, 6.45) is 0. The number of fused-ring (bicyclic) bond motifs is 1. The summed E-state index contributed by atoms with van der Waals surface area (Å²) in [6.45, 7) is 6.16. The molecule has 0 atom stereocenters. The van der Waals surface area contributed by atoms with Gasteiger partial charge in [-0.3, -0.25) is 15.0 Å². The van der Waals surface area contributed by atoms with Crippen LogP contribution in [0.3, 0.4) is 0 Å². The third-order valence-electron chi connectivity index (χ3n) is 5.47. The van der Waals surface area contributed by atoms with Crippen LogP contribution in [0.1, 0.15) is 12.7 Å². The molecule has 0 saturated carbocycles. The number of hydrazone groups is 1. The van der Waals surface area contributed by atoms with Crippen LogP contribution in [0.5, 0.6) is 5.75 Å². The normalized spacial score (nSPS) is 14.5. The zero-order valence-electron chi connectivity index (χ0n) is 18.4.